The van der Waals surface area contributed by atoms with Gasteiger partial charge in [0.15, 0.2) is 24.4 Å². The predicted molar refractivity (Wildman–Crippen MR) is 414 cm³/mol. The van der Waals surface area contributed by atoms with Gasteiger partial charge in [0.05, 0.1) is 46.6 Å². The van der Waals surface area contributed by atoms with Crippen molar-refractivity contribution in [2.24, 2.45) is 7.05 Å². The van der Waals surface area contributed by atoms with E-state index in [0.29, 0.717) is 80.4 Å². The highest BCUT2D eigenvalue weighted by molar-refractivity contribution is 6.32. The quantitative estimate of drug-likeness (QED) is 0.0385. The number of nitrogens with one attached hydrogen (secondary N) is 3. The van der Waals surface area contributed by atoms with Gasteiger partial charge in [0, 0.05) is 74.7 Å². The number of aryl methyl sites for hydroxylation is 6. The number of benzene rings is 6. The standard InChI is InChI=1S/2C27H28ClF2N5O3.C26H26ClF2N5O2/c1-5-23(34-26(36)13-37-16(3)29)20-10-18(30)11-22(28)21(20)12-38-25-8-6-7-19-24(9-15(2)33-27(19)25)35-17(4)31-14-32-35;1-5-35-27(31-14-32-35)21-9-15(2)33-26-19(21)7-6-8-24(26)38-12-22-20(10-18(30)11-23(22)28)16(3)34-25(36)13-37-17(4)29;1-14(28)8-24(35)33-16(3)19-10-17(29)11-22(27)21(19)12-36-23-7-5-6-18-20(9-15(2)32-25(18)23)26-30-13-31-34(26)4/h6-11,14,16,23H,5,12-13H2,1-4H3,(H,34,36);6-11,14,16-17H,5,12-13H2,1-4H3,(H,34,36);5-7,9-11,13-14,16H,8,12H2,1-4H3,(H,33,35)/t16?,23-;16-,17?;14?,16-/m000/s1/i;;16D. The Kier molecular flexibility index (Phi) is 27.8. The summed E-state index contributed by atoms with van der Waals surface area (Å²) < 4.78 is 124. The number of rotatable bonds is 28. The van der Waals surface area contributed by atoms with Gasteiger partial charge in [0.1, 0.15) is 115 Å². The molecule has 6 aromatic heterocycles. The molecule has 12 rings (SSSR count). The number of fused-ring (bicyclic) bond motifs is 3. The molecule has 32 heteroatoms. The normalized spacial score (nSPS) is 13.3. The fourth-order valence-electron chi connectivity index (χ4n) is 12.4. The fourth-order valence-corrected chi connectivity index (χ4v) is 13.2. The Morgan fingerprint density at radius 1 is 0.527 bits per heavy atom. The maximum Gasteiger partial charge on any atom is 0.246 e. The number of nitrogens with zero attached hydrogens (tertiary/aromatic N) is 12. The molecule has 12 aromatic rings. The minimum atomic E-state index is -1.79. The highest BCUT2D eigenvalue weighted by Gasteiger charge is 2.26. The number of amides is 3. The van der Waals surface area contributed by atoms with Crippen LogP contribution in [0, 0.1) is 45.1 Å². The molecule has 0 aliphatic carbocycles. The number of hydrogen-bond donors (Lipinski definition) is 3. The van der Waals surface area contributed by atoms with Gasteiger partial charge in [-0.2, -0.15) is 15.3 Å². The zero-order valence-electron chi connectivity index (χ0n) is 64.2. The molecular formula is C80H82Cl3F6N15O8. The second kappa shape index (κ2) is 37.9. The lowest BCUT2D eigenvalue weighted by molar-refractivity contribution is -0.132. The van der Waals surface area contributed by atoms with Crippen LogP contribution in [-0.2, 0) is 57.3 Å². The van der Waals surface area contributed by atoms with Crippen molar-refractivity contribution in [3.8, 4) is 45.7 Å². The van der Waals surface area contributed by atoms with Crippen LogP contribution in [0.1, 0.15) is 137 Å². The van der Waals surface area contributed by atoms with Gasteiger partial charge in [0.25, 0.3) is 0 Å². The molecule has 0 saturated carbocycles. The first-order valence-corrected chi connectivity index (χ1v) is 36.6. The van der Waals surface area contributed by atoms with Crippen LogP contribution in [0.15, 0.2) is 128 Å². The van der Waals surface area contributed by atoms with Crippen molar-refractivity contribution in [3.63, 3.8) is 0 Å². The first-order chi connectivity index (χ1) is 53.8. The molecule has 0 fully saturated rings. The molecule has 6 aromatic carbocycles. The lowest BCUT2D eigenvalue weighted by Gasteiger charge is -2.22. The Hall–Kier alpha value is -10.9. The Bertz CT molecular complexity index is 5440. The molecule has 112 heavy (non-hydrogen) atoms. The minimum absolute atomic E-state index is 0.00868. The summed E-state index contributed by atoms with van der Waals surface area (Å²) >= 11 is 19.2. The van der Waals surface area contributed by atoms with Gasteiger partial charge in [-0.3, -0.25) is 14.4 Å². The van der Waals surface area contributed by atoms with Crippen molar-refractivity contribution in [1.82, 2.24) is 75.2 Å². The zero-order chi connectivity index (χ0) is 81.7. The number of hydrogen-bond acceptors (Lipinski definition) is 17. The van der Waals surface area contributed by atoms with E-state index in [1.807, 2.05) is 96.1 Å². The molecule has 0 spiro atoms. The van der Waals surface area contributed by atoms with Gasteiger partial charge in [-0.05, 0) is 165 Å². The lowest BCUT2D eigenvalue weighted by atomic mass is 9.98. The number of alkyl halides is 3. The molecule has 0 aliphatic rings. The summed E-state index contributed by atoms with van der Waals surface area (Å²) in [7, 11) is 1.80. The van der Waals surface area contributed by atoms with Crippen molar-refractivity contribution in [2.45, 2.75) is 152 Å². The number of carbonyl (C=O) groups excluding carboxylic acids is 3. The first kappa shape index (κ1) is 82.1. The second-order valence-corrected chi connectivity index (χ2v) is 27.3. The van der Waals surface area contributed by atoms with Gasteiger partial charge >= 0.3 is 0 Å². The van der Waals surface area contributed by atoms with E-state index < -0.39 is 91.8 Å². The largest absolute Gasteiger partial charge is 0.487 e. The van der Waals surface area contributed by atoms with Gasteiger partial charge in [0.2, 0.25) is 17.7 Å². The number of pyridine rings is 3. The number of aromatic nitrogens is 12. The van der Waals surface area contributed by atoms with Crippen LogP contribution >= 0.6 is 34.8 Å². The summed E-state index contributed by atoms with van der Waals surface area (Å²) in [5.74, 6) is 0.0235. The minimum Gasteiger partial charge on any atom is -0.487 e. The van der Waals surface area contributed by atoms with Gasteiger partial charge in [-0.25, -0.2) is 70.3 Å². The maximum absolute atomic E-state index is 14.4. The lowest BCUT2D eigenvalue weighted by Crippen LogP contribution is -2.32. The molecule has 588 valence electrons. The fraction of sp³-hybridized carbons (Fsp3) is 0.325. The first-order valence-electron chi connectivity index (χ1n) is 36.0. The summed E-state index contributed by atoms with van der Waals surface area (Å²) in [4.78, 5) is 63.7. The van der Waals surface area contributed by atoms with E-state index in [-0.39, 0.29) is 40.5 Å². The summed E-state index contributed by atoms with van der Waals surface area (Å²) in [5.41, 5.74) is 8.94. The van der Waals surface area contributed by atoms with E-state index >= 15 is 0 Å². The van der Waals surface area contributed by atoms with Crippen LogP contribution in [0.4, 0.5) is 26.3 Å². The molecule has 0 radical (unpaired) electrons. The van der Waals surface area contributed by atoms with E-state index in [9.17, 15) is 40.7 Å². The number of para-hydroxylation sites is 3. The van der Waals surface area contributed by atoms with Crippen LogP contribution in [0.25, 0.3) is 61.2 Å². The summed E-state index contributed by atoms with van der Waals surface area (Å²) in [6.07, 6.45) is -0.0622. The molecule has 6 atom stereocenters. The molecule has 0 bridgehead atoms. The summed E-state index contributed by atoms with van der Waals surface area (Å²) in [6, 6.07) is 26.6. The van der Waals surface area contributed by atoms with Crippen LogP contribution in [0.3, 0.4) is 0 Å². The Morgan fingerprint density at radius 3 is 1.46 bits per heavy atom. The molecule has 0 saturated heterocycles. The smallest absolute Gasteiger partial charge is 0.246 e. The van der Waals surface area contributed by atoms with Gasteiger partial charge < -0.3 is 39.6 Å². The van der Waals surface area contributed by atoms with E-state index in [0.717, 1.165) is 73.8 Å². The van der Waals surface area contributed by atoms with Crippen molar-refractivity contribution < 1.29 is 65.8 Å². The monoisotopic (exact) mass is 1600 g/mol. The third kappa shape index (κ3) is 20.8. The summed E-state index contributed by atoms with van der Waals surface area (Å²) in [6.45, 7) is 17.5. The average molecular weight is 1600 g/mol. The summed E-state index contributed by atoms with van der Waals surface area (Å²) in [5, 5.41) is 23.4. The topological polar surface area (TPSA) is 264 Å². The third-order valence-corrected chi connectivity index (χ3v) is 18.6. The van der Waals surface area contributed by atoms with Crippen molar-refractivity contribution in [2.75, 3.05) is 13.2 Å². The second-order valence-electron chi connectivity index (χ2n) is 26.1. The number of carbonyl (C=O) groups is 3. The SMILES string of the molecule is CC[C@H](NC(=O)COC(C)F)c1cc(F)cc(Cl)c1COc1cccc2c(-n3ncnc3C)cc(C)nc12.CCn1ncnc1-c1cc(C)nc2c(OCc3c(Cl)cc(F)cc3[C@H](C)NC(=O)COC(C)F)cccc12.[2H][C@@](C)(NC(=O)CC(C)F)c1cc(F)cc(Cl)c1COc1cccc2c(-c3ncnn3C)cc(C)nc12. The highest BCUT2D eigenvalue weighted by atomic mass is 35.5. The number of halogens is 9. The Labute approximate surface area is 658 Å². The highest BCUT2D eigenvalue weighted by Crippen LogP contribution is 2.39. The molecule has 0 aliphatic heterocycles. The van der Waals surface area contributed by atoms with E-state index in [1.165, 1.54) is 70.9 Å². The predicted octanol–water partition coefficient (Wildman–Crippen LogP) is 17.0. The van der Waals surface area contributed by atoms with Gasteiger partial charge in [-0.15, -0.1) is 0 Å². The van der Waals surface area contributed by atoms with Crippen LogP contribution in [-0.4, -0.2) is 109 Å². The molecule has 23 nitrogen and oxygen atoms in total. The van der Waals surface area contributed by atoms with E-state index in [4.69, 9.17) is 69.8 Å². The maximum atomic E-state index is 14.4. The van der Waals surface area contributed by atoms with Crippen molar-refractivity contribution in [3.05, 3.63) is 217 Å². The van der Waals surface area contributed by atoms with Gasteiger partial charge in [-0.1, -0.05) is 78.1 Å². The third-order valence-electron chi connectivity index (χ3n) is 17.5. The Balaban J connectivity index is 0.000000180. The van der Waals surface area contributed by atoms with Crippen molar-refractivity contribution in [1.29, 1.82) is 0 Å². The number of ether oxygens (including phenoxy) is 5. The van der Waals surface area contributed by atoms with Crippen LogP contribution < -0.4 is 30.2 Å². The average Bonchev–Trinajstić information content (AvgIpc) is 1.73. The molecular weight excluding hydrogens is 1520 g/mol. The van der Waals surface area contributed by atoms with E-state index in [1.54, 1.807) is 46.2 Å². The van der Waals surface area contributed by atoms with Crippen LogP contribution in [0.2, 0.25) is 15.1 Å². The van der Waals surface area contributed by atoms with Crippen LogP contribution in [0.5, 0.6) is 17.2 Å². The molecule has 3 N–H and O–H groups in total. The Morgan fingerprint density at radius 2 is 0.973 bits per heavy atom. The van der Waals surface area contributed by atoms with E-state index in [2.05, 4.69) is 51.2 Å². The molecule has 3 unspecified atom stereocenters. The van der Waals surface area contributed by atoms with Crippen molar-refractivity contribution >= 4 is 85.2 Å². The molecule has 3 amide bonds. The molecule has 6 heterocycles. The zero-order valence-corrected chi connectivity index (χ0v) is 65.5.